The molecule has 33 heavy (non-hydrogen) atoms. The van der Waals surface area contributed by atoms with Crippen molar-refractivity contribution in [3.63, 3.8) is 0 Å². The minimum atomic E-state index is -4.06. The minimum Gasteiger partial charge on any atom is -0.492 e. The molecular weight excluding hydrogens is 472 g/mol. The SMILES string of the molecule is CCOc1ccc(NS(=O)(=O)c2ccc(OCC(=O)O)c(C)c2)cc1S(=O)(=O)N1CCCC1. The third-order valence-corrected chi connectivity index (χ3v) is 8.29. The molecule has 3 rings (SSSR count). The van der Waals surface area contributed by atoms with E-state index >= 15 is 0 Å². The van der Waals surface area contributed by atoms with Crippen molar-refractivity contribution in [1.82, 2.24) is 4.31 Å². The highest BCUT2D eigenvalue weighted by atomic mass is 32.2. The number of nitrogens with one attached hydrogen (secondary N) is 1. The number of carbonyl (C=O) groups is 1. The molecule has 0 radical (unpaired) electrons. The van der Waals surface area contributed by atoms with Crippen molar-refractivity contribution < 1.29 is 36.2 Å². The molecule has 0 aromatic heterocycles. The summed E-state index contributed by atoms with van der Waals surface area (Å²) in [6.07, 6.45) is 1.53. The lowest BCUT2D eigenvalue weighted by Gasteiger charge is -2.19. The Hall–Kier alpha value is -2.83. The van der Waals surface area contributed by atoms with E-state index in [1.54, 1.807) is 13.8 Å². The van der Waals surface area contributed by atoms with Gasteiger partial charge < -0.3 is 14.6 Å². The van der Waals surface area contributed by atoms with Crippen molar-refractivity contribution >= 4 is 31.7 Å². The molecule has 1 aliphatic heterocycles. The first-order valence-electron chi connectivity index (χ1n) is 10.3. The van der Waals surface area contributed by atoms with Gasteiger partial charge in [0, 0.05) is 13.1 Å². The lowest BCUT2D eigenvalue weighted by atomic mass is 10.2. The third kappa shape index (κ3) is 5.75. The van der Waals surface area contributed by atoms with Gasteiger partial charge in [-0.3, -0.25) is 4.72 Å². The fraction of sp³-hybridized carbons (Fsp3) is 0.381. The molecule has 1 aliphatic rings. The number of nitrogens with zero attached hydrogens (tertiary/aromatic N) is 1. The van der Waals surface area contributed by atoms with Gasteiger partial charge in [-0.25, -0.2) is 21.6 Å². The second kappa shape index (κ2) is 9.98. The Balaban J connectivity index is 1.91. The van der Waals surface area contributed by atoms with E-state index in [-0.39, 0.29) is 33.6 Å². The molecule has 2 N–H and O–H groups in total. The van der Waals surface area contributed by atoms with Gasteiger partial charge in [-0.1, -0.05) is 0 Å². The van der Waals surface area contributed by atoms with Crippen LogP contribution in [-0.2, 0) is 24.8 Å². The summed E-state index contributed by atoms with van der Waals surface area (Å²) < 4.78 is 66.5. The maximum Gasteiger partial charge on any atom is 0.341 e. The van der Waals surface area contributed by atoms with Gasteiger partial charge in [-0.15, -0.1) is 0 Å². The van der Waals surface area contributed by atoms with Crippen molar-refractivity contribution in [2.45, 2.75) is 36.5 Å². The summed E-state index contributed by atoms with van der Waals surface area (Å²) in [5, 5.41) is 8.73. The van der Waals surface area contributed by atoms with Crippen LogP contribution in [0.25, 0.3) is 0 Å². The number of aliphatic carboxylic acids is 1. The van der Waals surface area contributed by atoms with Gasteiger partial charge in [-0.2, -0.15) is 4.31 Å². The molecule has 1 fully saturated rings. The summed E-state index contributed by atoms with van der Waals surface area (Å²) in [5.41, 5.74) is 0.503. The zero-order valence-corrected chi connectivity index (χ0v) is 19.9. The van der Waals surface area contributed by atoms with E-state index in [2.05, 4.69) is 4.72 Å². The standard InChI is InChI=1S/C21H26N2O8S2/c1-3-30-19-8-6-16(13-20(19)33(28,29)23-10-4-5-11-23)22-32(26,27)17-7-9-18(15(2)12-17)31-14-21(24)25/h6-9,12-13,22H,3-5,10-11,14H2,1-2H3,(H,24,25). The molecule has 1 saturated heterocycles. The Labute approximate surface area is 193 Å². The quantitative estimate of drug-likeness (QED) is 0.509. The second-order valence-corrected chi connectivity index (χ2v) is 11.0. The van der Waals surface area contributed by atoms with Crippen LogP contribution in [0.4, 0.5) is 5.69 Å². The van der Waals surface area contributed by atoms with Crippen LogP contribution in [0.2, 0.25) is 0 Å². The first-order valence-corrected chi connectivity index (χ1v) is 13.2. The number of anilines is 1. The minimum absolute atomic E-state index is 0.0695. The van der Waals surface area contributed by atoms with Crippen LogP contribution in [0, 0.1) is 6.92 Å². The Morgan fingerprint density at radius 2 is 1.70 bits per heavy atom. The largest absolute Gasteiger partial charge is 0.492 e. The van der Waals surface area contributed by atoms with Crippen LogP contribution in [-0.4, -0.2) is 58.5 Å². The zero-order chi connectivity index (χ0) is 24.2. The maximum absolute atomic E-state index is 13.1. The highest BCUT2D eigenvalue weighted by Crippen LogP contribution is 2.32. The summed E-state index contributed by atoms with van der Waals surface area (Å²) in [5.74, 6) is -0.748. The highest BCUT2D eigenvalue weighted by Gasteiger charge is 2.30. The number of hydrogen-bond donors (Lipinski definition) is 2. The molecule has 10 nitrogen and oxygen atoms in total. The van der Waals surface area contributed by atoms with E-state index in [1.165, 1.54) is 40.7 Å². The number of ether oxygens (including phenoxy) is 2. The van der Waals surface area contributed by atoms with Gasteiger partial charge in [-0.05, 0) is 68.7 Å². The molecule has 180 valence electrons. The van der Waals surface area contributed by atoms with Crippen LogP contribution in [0.15, 0.2) is 46.2 Å². The van der Waals surface area contributed by atoms with E-state index < -0.39 is 32.6 Å². The number of sulfonamides is 2. The molecule has 2 aromatic rings. The number of carboxylic acid groups (broad SMARTS) is 1. The molecule has 2 aromatic carbocycles. The molecule has 12 heteroatoms. The molecule has 0 bridgehead atoms. The van der Waals surface area contributed by atoms with Gasteiger partial charge in [0.2, 0.25) is 10.0 Å². The first-order chi connectivity index (χ1) is 15.5. The molecule has 0 aliphatic carbocycles. The Kier molecular flexibility index (Phi) is 7.50. The lowest BCUT2D eigenvalue weighted by molar-refractivity contribution is -0.139. The molecular formula is C21H26N2O8S2. The van der Waals surface area contributed by atoms with Crippen molar-refractivity contribution in [2.24, 2.45) is 0 Å². The van der Waals surface area contributed by atoms with E-state index in [1.807, 2.05) is 0 Å². The zero-order valence-electron chi connectivity index (χ0n) is 18.3. The van der Waals surface area contributed by atoms with Gasteiger partial charge in [0.25, 0.3) is 10.0 Å². The summed E-state index contributed by atoms with van der Waals surface area (Å²) in [6.45, 7) is 3.83. The monoisotopic (exact) mass is 498 g/mol. The molecule has 0 spiro atoms. The normalized spacial score (nSPS) is 14.7. The van der Waals surface area contributed by atoms with Gasteiger partial charge in [0.1, 0.15) is 16.4 Å². The number of aryl methyl sites for hydroxylation is 1. The average Bonchev–Trinajstić information content (AvgIpc) is 3.29. The Morgan fingerprint density at radius 3 is 2.30 bits per heavy atom. The summed E-state index contributed by atoms with van der Waals surface area (Å²) >= 11 is 0. The van der Waals surface area contributed by atoms with Gasteiger partial charge in [0.15, 0.2) is 6.61 Å². The molecule has 0 saturated carbocycles. The number of rotatable bonds is 10. The Bertz CT molecular complexity index is 1240. The fourth-order valence-corrected chi connectivity index (χ4v) is 6.23. The van der Waals surface area contributed by atoms with E-state index in [0.717, 1.165) is 12.8 Å². The van der Waals surface area contributed by atoms with Crippen LogP contribution in [0.3, 0.4) is 0 Å². The van der Waals surface area contributed by atoms with Gasteiger partial charge in [0.05, 0.1) is 17.2 Å². The molecule has 0 unspecified atom stereocenters. The fourth-order valence-electron chi connectivity index (χ4n) is 3.42. The van der Waals surface area contributed by atoms with Gasteiger partial charge >= 0.3 is 5.97 Å². The predicted molar refractivity (Wildman–Crippen MR) is 121 cm³/mol. The maximum atomic E-state index is 13.1. The average molecular weight is 499 g/mol. The molecule has 0 amide bonds. The van der Waals surface area contributed by atoms with Crippen LogP contribution < -0.4 is 14.2 Å². The van der Waals surface area contributed by atoms with E-state index in [4.69, 9.17) is 14.6 Å². The van der Waals surface area contributed by atoms with Crippen LogP contribution >= 0.6 is 0 Å². The Morgan fingerprint density at radius 1 is 1.03 bits per heavy atom. The highest BCUT2D eigenvalue weighted by molar-refractivity contribution is 7.92. The predicted octanol–water partition coefficient (Wildman–Crippen LogP) is 2.44. The molecule has 0 atom stereocenters. The first kappa shape index (κ1) is 24.8. The van der Waals surface area contributed by atoms with Crippen molar-refractivity contribution in [2.75, 3.05) is 31.0 Å². The lowest BCUT2D eigenvalue weighted by Crippen LogP contribution is -2.28. The second-order valence-electron chi connectivity index (χ2n) is 7.42. The number of benzene rings is 2. The van der Waals surface area contributed by atoms with Crippen molar-refractivity contribution in [3.8, 4) is 11.5 Å². The van der Waals surface area contributed by atoms with Crippen molar-refractivity contribution in [3.05, 3.63) is 42.0 Å². The number of hydrogen-bond acceptors (Lipinski definition) is 7. The smallest absolute Gasteiger partial charge is 0.341 e. The van der Waals surface area contributed by atoms with Crippen molar-refractivity contribution in [1.29, 1.82) is 0 Å². The summed E-state index contributed by atoms with van der Waals surface area (Å²) in [6, 6.07) is 8.11. The number of carboxylic acids is 1. The topological polar surface area (TPSA) is 139 Å². The third-order valence-electron chi connectivity index (χ3n) is 4.99. The summed E-state index contributed by atoms with van der Waals surface area (Å²) in [7, 11) is -7.91. The van der Waals surface area contributed by atoms with Crippen LogP contribution in [0.5, 0.6) is 11.5 Å². The van der Waals surface area contributed by atoms with E-state index in [9.17, 15) is 21.6 Å². The molecule has 1 heterocycles. The van der Waals surface area contributed by atoms with E-state index in [0.29, 0.717) is 18.7 Å². The summed E-state index contributed by atoms with van der Waals surface area (Å²) in [4.78, 5) is 10.5. The van der Waals surface area contributed by atoms with Crippen LogP contribution in [0.1, 0.15) is 25.3 Å².